The summed E-state index contributed by atoms with van der Waals surface area (Å²) in [5.41, 5.74) is 1.07. The van der Waals surface area contributed by atoms with Crippen molar-refractivity contribution in [3.8, 4) is 0 Å². The van der Waals surface area contributed by atoms with Crippen LogP contribution in [0.1, 0.15) is 25.3 Å². The van der Waals surface area contributed by atoms with E-state index in [0.717, 1.165) is 18.7 Å². The van der Waals surface area contributed by atoms with Crippen LogP contribution in [0.3, 0.4) is 0 Å². The highest BCUT2D eigenvalue weighted by atomic mass is 16.1. The Bertz CT molecular complexity index is 371. The van der Waals surface area contributed by atoms with Crippen molar-refractivity contribution >= 4 is 5.91 Å². The zero-order valence-electron chi connectivity index (χ0n) is 11.0. The standard InChI is InChI=1S/C15H22N2O/c1-12(14-8-5-9-16-11-14)17-15(18)10-13-6-3-2-4-7-13/h2-4,6-7,12,14,16H,5,8-11H2,1H3,(H,17,18). The van der Waals surface area contributed by atoms with Gasteiger partial charge in [0.15, 0.2) is 0 Å². The van der Waals surface area contributed by atoms with E-state index in [0.29, 0.717) is 12.3 Å². The Kier molecular flexibility index (Phi) is 4.76. The lowest BCUT2D eigenvalue weighted by atomic mass is 9.92. The lowest BCUT2D eigenvalue weighted by Gasteiger charge is -2.28. The van der Waals surface area contributed by atoms with E-state index >= 15 is 0 Å². The van der Waals surface area contributed by atoms with Crippen LogP contribution in [-0.4, -0.2) is 25.0 Å². The van der Waals surface area contributed by atoms with Gasteiger partial charge in [0.25, 0.3) is 0 Å². The van der Waals surface area contributed by atoms with Gasteiger partial charge in [0.1, 0.15) is 0 Å². The van der Waals surface area contributed by atoms with Crippen molar-refractivity contribution in [3.63, 3.8) is 0 Å². The summed E-state index contributed by atoms with van der Waals surface area (Å²) in [6.07, 6.45) is 2.90. The second kappa shape index (κ2) is 6.55. The highest BCUT2D eigenvalue weighted by Gasteiger charge is 2.21. The van der Waals surface area contributed by atoms with Crippen LogP contribution in [0.4, 0.5) is 0 Å². The first-order valence-electron chi connectivity index (χ1n) is 6.79. The molecule has 1 aromatic carbocycles. The molecule has 1 aromatic rings. The van der Waals surface area contributed by atoms with Gasteiger partial charge in [-0.05, 0) is 44.3 Å². The number of nitrogens with one attached hydrogen (secondary N) is 2. The van der Waals surface area contributed by atoms with Gasteiger partial charge < -0.3 is 10.6 Å². The Morgan fingerprint density at radius 2 is 2.22 bits per heavy atom. The molecule has 2 atom stereocenters. The summed E-state index contributed by atoms with van der Waals surface area (Å²) in [6, 6.07) is 10.2. The molecule has 2 unspecified atom stereocenters. The van der Waals surface area contributed by atoms with Gasteiger partial charge in [-0.1, -0.05) is 30.3 Å². The molecule has 2 rings (SSSR count). The fourth-order valence-electron chi connectivity index (χ4n) is 2.51. The van der Waals surface area contributed by atoms with Crippen LogP contribution < -0.4 is 10.6 Å². The minimum absolute atomic E-state index is 0.124. The first-order chi connectivity index (χ1) is 8.75. The maximum atomic E-state index is 11.9. The maximum Gasteiger partial charge on any atom is 0.224 e. The average molecular weight is 246 g/mol. The average Bonchev–Trinajstić information content (AvgIpc) is 2.40. The molecular formula is C15H22N2O. The van der Waals surface area contributed by atoms with E-state index < -0.39 is 0 Å². The van der Waals surface area contributed by atoms with Gasteiger partial charge in [0.05, 0.1) is 6.42 Å². The fraction of sp³-hybridized carbons (Fsp3) is 0.533. The number of carbonyl (C=O) groups is 1. The minimum Gasteiger partial charge on any atom is -0.353 e. The smallest absolute Gasteiger partial charge is 0.224 e. The molecule has 2 N–H and O–H groups in total. The second-order valence-electron chi connectivity index (χ2n) is 5.12. The van der Waals surface area contributed by atoms with Gasteiger partial charge in [-0.2, -0.15) is 0 Å². The lowest BCUT2D eigenvalue weighted by molar-refractivity contribution is -0.121. The van der Waals surface area contributed by atoms with Gasteiger partial charge in [0, 0.05) is 6.04 Å². The monoisotopic (exact) mass is 246 g/mol. The molecule has 0 saturated carbocycles. The number of hydrogen-bond acceptors (Lipinski definition) is 2. The molecule has 0 aliphatic carbocycles. The predicted octanol–water partition coefficient (Wildman–Crippen LogP) is 1.73. The molecule has 1 amide bonds. The molecule has 1 heterocycles. The Morgan fingerprint density at radius 3 is 2.89 bits per heavy atom. The maximum absolute atomic E-state index is 11.9. The largest absolute Gasteiger partial charge is 0.353 e. The number of benzene rings is 1. The molecule has 98 valence electrons. The first kappa shape index (κ1) is 13.1. The van der Waals surface area contributed by atoms with Gasteiger partial charge in [-0.15, -0.1) is 0 Å². The van der Waals surface area contributed by atoms with Crippen LogP contribution in [0.25, 0.3) is 0 Å². The van der Waals surface area contributed by atoms with E-state index in [1.807, 2.05) is 30.3 Å². The zero-order chi connectivity index (χ0) is 12.8. The van der Waals surface area contributed by atoms with Crippen LogP contribution in [0.5, 0.6) is 0 Å². The van der Waals surface area contributed by atoms with Crippen molar-refractivity contribution in [3.05, 3.63) is 35.9 Å². The molecule has 0 bridgehead atoms. The quantitative estimate of drug-likeness (QED) is 0.849. The van der Waals surface area contributed by atoms with E-state index in [1.165, 1.54) is 12.8 Å². The molecule has 1 fully saturated rings. The molecular weight excluding hydrogens is 224 g/mol. The number of carbonyl (C=O) groups excluding carboxylic acids is 1. The highest BCUT2D eigenvalue weighted by molar-refractivity contribution is 5.78. The van der Waals surface area contributed by atoms with E-state index in [9.17, 15) is 4.79 Å². The summed E-state index contributed by atoms with van der Waals surface area (Å²) >= 11 is 0. The van der Waals surface area contributed by atoms with Crippen molar-refractivity contribution in [1.82, 2.24) is 10.6 Å². The molecule has 1 aliphatic rings. The van der Waals surface area contributed by atoms with Crippen molar-refractivity contribution in [2.75, 3.05) is 13.1 Å². The van der Waals surface area contributed by atoms with E-state index in [2.05, 4.69) is 17.6 Å². The molecule has 3 nitrogen and oxygen atoms in total. The van der Waals surface area contributed by atoms with E-state index in [1.54, 1.807) is 0 Å². The van der Waals surface area contributed by atoms with E-state index in [-0.39, 0.29) is 11.9 Å². The molecule has 18 heavy (non-hydrogen) atoms. The minimum atomic E-state index is 0.124. The highest BCUT2D eigenvalue weighted by Crippen LogP contribution is 2.14. The third kappa shape index (κ3) is 3.84. The first-order valence-corrected chi connectivity index (χ1v) is 6.79. The summed E-state index contributed by atoms with van der Waals surface area (Å²) in [7, 11) is 0. The van der Waals surface area contributed by atoms with Crippen molar-refractivity contribution in [2.24, 2.45) is 5.92 Å². The Hall–Kier alpha value is -1.35. The normalized spacial score (nSPS) is 21.3. The third-order valence-corrected chi connectivity index (χ3v) is 3.64. The van der Waals surface area contributed by atoms with Gasteiger partial charge in [0.2, 0.25) is 5.91 Å². The van der Waals surface area contributed by atoms with Crippen molar-refractivity contribution in [1.29, 1.82) is 0 Å². The topological polar surface area (TPSA) is 41.1 Å². The van der Waals surface area contributed by atoms with Crippen LogP contribution in [0, 0.1) is 5.92 Å². The summed E-state index contributed by atoms with van der Waals surface area (Å²) in [6.45, 7) is 4.24. The molecule has 1 aliphatic heterocycles. The Labute approximate surface area is 109 Å². The third-order valence-electron chi connectivity index (χ3n) is 3.64. The van der Waals surface area contributed by atoms with Gasteiger partial charge in [-0.25, -0.2) is 0 Å². The lowest BCUT2D eigenvalue weighted by Crippen LogP contribution is -2.45. The summed E-state index contributed by atoms with van der Waals surface area (Å²) in [4.78, 5) is 11.9. The van der Waals surface area contributed by atoms with Crippen LogP contribution in [0.2, 0.25) is 0 Å². The second-order valence-corrected chi connectivity index (χ2v) is 5.12. The molecule has 0 spiro atoms. The van der Waals surface area contributed by atoms with E-state index in [4.69, 9.17) is 0 Å². The van der Waals surface area contributed by atoms with Gasteiger partial charge >= 0.3 is 0 Å². The number of piperidine rings is 1. The molecule has 0 aromatic heterocycles. The number of hydrogen-bond donors (Lipinski definition) is 2. The summed E-state index contributed by atoms with van der Waals surface area (Å²) < 4.78 is 0. The summed E-state index contributed by atoms with van der Waals surface area (Å²) in [5, 5.41) is 6.51. The van der Waals surface area contributed by atoms with Crippen LogP contribution in [0.15, 0.2) is 30.3 Å². The molecule has 1 saturated heterocycles. The number of amides is 1. The predicted molar refractivity (Wildman–Crippen MR) is 73.3 cm³/mol. The Morgan fingerprint density at radius 1 is 1.44 bits per heavy atom. The fourth-order valence-corrected chi connectivity index (χ4v) is 2.51. The van der Waals surface area contributed by atoms with Crippen LogP contribution >= 0.6 is 0 Å². The van der Waals surface area contributed by atoms with Crippen molar-refractivity contribution in [2.45, 2.75) is 32.2 Å². The Balaban J connectivity index is 1.79. The summed E-state index contributed by atoms with van der Waals surface area (Å²) in [5.74, 6) is 0.692. The van der Waals surface area contributed by atoms with Crippen molar-refractivity contribution < 1.29 is 4.79 Å². The van der Waals surface area contributed by atoms with Crippen LogP contribution in [-0.2, 0) is 11.2 Å². The SMILES string of the molecule is CC(NC(=O)Cc1ccccc1)C1CCCNC1. The molecule has 0 radical (unpaired) electrons. The zero-order valence-corrected chi connectivity index (χ0v) is 11.0. The molecule has 3 heteroatoms. The number of rotatable bonds is 4. The van der Waals surface area contributed by atoms with Gasteiger partial charge in [-0.3, -0.25) is 4.79 Å².